The Morgan fingerprint density at radius 3 is 2.30 bits per heavy atom. The van der Waals surface area contributed by atoms with Crippen LogP contribution in [0.1, 0.15) is 49.3 Å². The molecule has 0 radical (unpaired) electrons. The normalized spacial score (nSPS) is 17.7. The first-order valence-corrected chi connectivity index (χ1v) is 7.51. The van der Waals surface area contributed by atoms with Gasteiger partial charge in [-0.1, -0.05) is 55.7 Å². The second-order valence-electron chi connectivity index (χ2n) is 5.94. The van der Waals surface area contributed by atoms with Gasteiger partial charge in [0.1, 0.15) is 0 Å². The summed E-state index contributed by atoms with van der Waals surface area (Å²) in [4.78, 5) is 0. The maximum atomic E-state index is 6.59. The minimum Gasteiger partial charge on any atom is -0.324 e. The summed E-state index contributed by atoms with van der Waals surface area (Å²) in [6.07, 6.45) is 6.68. The predicted molar refractivity (Wildman–Crippen MR) is 89.4 cm³/mol. The lowest BCUT2D eigenvalue weighted by Gasteiger charge is -2.28. The molecule has 1 aliphatic rings. The summed E-state index contributed by atoms with van der Waals surface area (Å²) in [7, 11) is 0. The zero-order chi connectivity index (χ0) is 13.2. The van der Waals surface area contributed by atoms with Crippen molar-refractivity contribution < 1.29 is 0 Å². The van der Waals surface area contributed by atoms with Gasteiger partial charge in [-0.3, -0.25) is 0 Å². The van der Waals surface area contributed by atoms with Gasteiger partial charge < -0.3 is 5.73 Å². The van der Waals surface area contributed by atoms with Crippen molar-refractivity contribution >= 4 is 23.2 Å². The molecule has 0 spiro atoms. The Kier molecular flexibility index (Phi) is 5.06. The highest BCUT2D eigenvalue weighted by molar-refractivity contribution is 5.88. The molecule has 2 N–H and O–H groups in total. The topological polar surface area (TPSA) is 26.0 Å². The maximum absolute atomic E-state index is 6.59. The molecule has 1 saturated carbocycles. The standard InChI is InChI=1S/C18H23N.ClH/c1-13-11-12-17(16-10-6-5-9-15(13)16)18(19)14-7-3-2-4-8-14;/h5-6,9-12,14,18H,2-4,7-8,19H2,1H3;1H/t18-;/m1./s1. The lowest BCUT2D eigenvalue weighted by molar-refractivity contribution is 0.309. The Labute approximate surface area is 128 Å². The smallest absolute Gasteiger partial charge is 0.0329 e. The molecular weight excluding hydrogens is 266 g/mol. The van der Waals surface area contributed by atoms with E-state index in [4.69, 9.17) is 5.73 Å². The van der Waals surface area contributed by atoms with E-state index in [2.05, 4.69) is 43.3 Å². The van der Waals surface area contributed by atoms with E-state index < -0.39 is 0 Å². The molecule has 0 unspecified atom stereocenters. The summed E-state index contributed by atoms with van der Waals surface area (Å²) in [6.45, 7) is 2.18. The molecule has 0 bridgehead atoms. The van der Waals surface area contributed by atoms with Crippen LogP contribution in [0.5, 0.6) is 0 Å². The van der Waals surface area contributed by atoms with Crippen LogP contribution >= 0.6 is 12.4 Å². The molecule has 0 amide bonds. The van der Waals surface area contributed by atoms with E-state index in [0.29, 0.717) is 5.92 Å². The third-order valence-electron chi connectivity index (χ3n) is 4.69. The molecule has 1 aliphatic carbocycles. The molecule has 2 heteroatoms. The molecule has 0 aliphatic heterocycles. The molecule has 1 atom stereocenters. The summed E-state index contributed by atoms with van der Waals surface area (Å²) >= 11 is 0. The third-order valence-corrected chi connectivity index (χ3v) is 4.69. The Hall–Kier alpha value is -1.05. The van der Waals surface area contributed by atoms with Crippen LogP contribution in [-0.4, -0.2) is 0 Å². The van der Waals surface area contributed by atoms with E-state index in [1.165, 1.54) is 54.0 Å². The highest BCUT2D eigenvalue weighted by atomic mass is 35.5. The maximum Gasteiger partial charge on any atom is 0.0329 e. The summed E-state index contributed by atoms with van der Waals surface area (Å²) in [6, 6.07) is 13.3. The molecule has 2 aromatic rings. The molecule has 1 nitrogen and oxygen atoms in total. The van der Waals surface area contributed by atoms with Gasteiger partial charge in [-0.05, 0) is 47.6 Å². The molecule has 1 fully saturated rings. The number of aryl methyl sites for hydroxylation is 1. The number of rotatable bonds is 2. The van der Waals surface area contributed by atoms with E-state index >= 15 is 0 Å². The molecule has 0 aromatic heterocycles. The summed E-state index contributed by atoms with van der Waals surface area (Å²) < 4.78 is 0. The van der Waals surface area contributed by atoms with Crippen LogP contribution < -0.4 is 5.73 Å². The van der Waals surface area contributed by atoms with Crippen molar-refractivity contribution in [2.75, 3.05) is 0 Å². The first-order chi connectivity index (χ1) is 9.27. The van der Waals surface area contributed by atoms with Gasteiger partial charge >= 0.3 is 0 Å². The highest BCUT2D eigenvalue weighted by Gasteiger charge is 2.23. The van der Waals surface area contributed by atoms with E-state index in [1.54, 1.807) is 0 Å². The molecule has 108 valence electrons. The Balaban J connectivity index is 0.00000147. The van der Waals surface area contributed by atoms with E-state index in [-0.39, 0.29) is 18.4 Å². The van der Waals surface area contributed by atoms with Crippen LogP contribution in [0.15, 0.2) is 36.4 Å². The first kappa shape index (κ1) is 15.3. The van der Waals surface area contributed by atoms with Crippen molar-refractivity contribution in [3.05, 3.63) is 47.5 Å². The SMILES string of the molecule is Cc1ccc([C@H](N)C2CCCCC2)c2ccccc12.Cl. The summed E-state index contributed by atoms with van der Waals surface area (Å²) in [5.41, 5.74) is 9.27. The Morgan fingerprint density at radius 1 is 0.950 bits per heavy atom. The molecule has 20 heavy (non-hydrogen) atoms. The lowest BCUT2D eigenvalue weighted by atomic mass is 9.80. The zero-order valence-corrected chi connectivity index (χ0v) is 13.0. The van der Waals surface area contributed by atoms with Gasteiger partial charge in [0, 0.05) is 6.04 Å². The Bertz CT molecular complexity index is 573. The third kappa shape index (κ3) is 2.84. The fraction of sp³-hybridized carbons (Fsp3) is 0.444. The van der Waals surface area contributed by atoms with Crippen LogP contribution in [0.25, 0.3) is 10.8 Å². The summed E-state index contributed by atoms with van der Waals surface area (Å²) in [5.74, 6) is 0.667. The molecular formula is C18H24ClN. The van der Waals surface area contributed by atoms with Crippen molar-refractivity contribution in [3.63, 3.8) is 0 Å². The van der Waals surface area contributed by atoms with E-state index in [9.17, 15) is 0 Å². The number of benzene rings is 2. The number of halogens is 1. The van der Waals surface area contributed by atoms with Crippen molar-refractivity contribution in [2.45, 2.75) is 45.1 Å². The van der Waals surface area contributed by atoms with Gasteiger partial charge in [0.25, 0.3) is 0 Å². The fourth-order valence-electron chi connectivity index (χ4n) is 3.51. The van der Waals surface area contributed by atoms with Crippen LogP contribution in [0, 0.1) is 12.8 Å². The quantitative estimate of drug-likeness (QED) is 0.813. The second-order valence-corrected chi connectivity index (χ2v) is 5.94. The van der Waals surface area contributed by atoms with Crippen LogP contribution in [0.4, 0.5) is 0 Å². The van der Waals surface area contributed by atoms with Crippen molar-refractivity contribution in [1.82, 2.24) is 0 Å². The van der Waals surface area contributed by atoms with Crippen molar-refractivity contribution in [3.8, 4) is 0 Å². The van der Waals surface area contributed by atoms with Gasteiger partial charge in [0.05, 0.1) is 0 Å². The zero-order valence-electron chi connectivity index (χ0n) is 12.1. The monoisotopic (exact) mass is 289 g/mol. The van der Waals surface area contributed by atoms with Crippen LogP contribution in [0.3, 0.4) is 0 Å². The fourth-order valence-corrected chi connectivity index (χ4v) is 3.51. The van der Waals surface area contributed by atoms with Gasteiger partial charge in [-0.15, -0.1) is 12.4 Å². The second kappa shape index (κ2) is 6.60. The molecule has 0 heterocycles. The van der Waals surface area contributed by atoms with Crippen LogP contribution in [-0.2, 0) is 0 Å². The minimum atomic E-state index is 0. The molecule has 3 rings (SSSR count). The van der Waals surface area contributed by atoms with Gasteiger partial charge in [0.2, 0.25) is 0 Å². The van der Waals surface area contributed by atoms with E-state index in [1.807, 2.05) is 0 Å². The van der Waals surface area contributed by atoms with Gasteiger partial charge in [-0.25, -0.2) is 0 Å². The van der Waals surface area contributed by atoms with E-state index in [0.717, 1.165) is 0 Å². The number of hydrogen-bond acceptors (Lipinski definition) is 1. The number of hydrogen-bond donors (Lipinski definition) is 1. The predicted octanol–water partition coefficient (Wildman–Crippen LogP) is 5.15. The van der Waals surface area contributed by atoms with Gasteiger partial charge in [-0.2, -0.15) is 0 Å². The van der Waals surface area contributed by atoms with Crippen molar-refractivity contribution in [1.29, 1.82) is 0 Å². The summed E-state index contributed by atoms with van der Waals surface area (Å²) in [5, 5.41) is 2.70. The first-order valence-electron chi connectivity index (χ1n) is 7.51. The van der Waals surface area contributed by atoms with Crippen LogP contribution in [0.2, 0.25) is 0 Å². The Morgan fingerprint density at radius 2 is 1.60 bits per heavy atom. The number of fused-ring (bicyclic) bond motifs is 1. The molecule has 2 aromatic carbocycles. The largest absolute Gasteiger partial charge is 0.324 e. The van der Waals surface area contributed by atoms with Crippen molar-refractivity contribution in [2.24, 2.45) is 11.7 Å². The number of nitrogens with two attached hydrogens (primary N) is 1. The average Bonchev–Trinajstić information content (AvgIpc) is 2.48. The average molecular weight is 290 g/mol. The molecule has 0 saturated heterocycles. The minimum absolute atomic E-state index is 0. The van der Waals surface area contributed by atoms with Gasteiger partial charge in [0.15, 0.2) is 0 Å². The lowest BCUT2D eigenvalue weighted by Crippen LogP contribution is -2.23. The highest BCUT2D eigenvalue weighted by Crippen LogP contribution is 2.36.